The van der Waals surface area contributed by atoms with Crippen LogP contribution in [0, 0.1) is 12.8 Å². The minimum atomic E-state index is -0.355. The van der Waals surface area contributed by atoms with Crippen molar-refractivity contribution < 1.29 is 14.3 Å². The molecule has 31 heavy (non-hydrogen) atoms. The van der Waals surface area contributed by atoms with Crippen LogP contribution in [0.5, 0.6) is 0 Å². The van der Waals surface area contributed by atoms with E-state index in [1.54, 1.807) is 11.6 Å². The Bertz CT molecular complexity index is 1010. The van der Waals surface area contributed by atoms with Gasteiger partial charge in [0.25, 0.3) is 0 Å². The van der Waals surface area contributed by atoms with Gasteiger partial charge in [-0.2, -0.15) is 5.10 Å². The van der Waals surface area contributed by atoms with Gasteiger partial charge in [-0.15, -0.1) is 11.8 Å². The molecule has 1 aromatic carbocycles. The highest BCUT2D eigenvalue weighted by Gasteiger charge is 2.50. The van der Waals surface area contributed by atoms with Gasteiger partial charge in [-0.1, -0.05) is 18.2 Å². The molecule has 0 N–H and O–H groups in total. The van der Waals surface area contributed by atoms with Crippen LogP contribution in [0.3, 0.4) is 0 Å². The molecule has 2 fully saturated rings. The third-order valence-electron chi connectivity index (χ3n) is 6.78. The minimum absolute atomic E-state index is 0.0978. The van der Waals surface area contributed by atoms with Crippen molar-refractivity contribution in [3.63, 3.8) is 0 Å². The number of rotatable bonds is 6. The minimum Gasteiger partial charge on any atom is -0.461 e. The lowest BCUT2D eigenvalue weighted by atomic mass is 10.1. The van der Waals surface area contributed by atoms with E-state index < -0.39 is 0 Å². The number of nitrogens with zero attached hydrogens (tertiary/aromatic N) is 3. The van der Waals surface area contributed by atoms with Gasteiger partial charge in [0.2, 0.25) is 5.91 Å². The van der Waals surface area contributed by atoms with Crippen LogP contribution in [0.15, 0.2) is 29.2 Å². The summed E-state index contributed by atoms with van der Waals surface area (Å²) in [5, 5.41) is 5.08. The summed E-state index contributed by atoms with van der Waals surface area (Å²) >= 11 is 1.93. The molecule has 0 bridgehead atoms. The van der Waals surface area contributed by atoms with E-state index in [0.29, 0.717) is 29.4 Å². The lowest BCUT2D eigenvalue weighted by Gasteiger charge is -2.32. The average Bonchev–Trinajstić information content (AvgIpc) is 3.29. The smallest absolute Gasteiger partial charge is 0.359 e. The first-order valence-corrected chi connectivity index (χ1v) is 12.2. The van der Waals surface area contributed by atoms with E-state index in [-0.39, 0.29) is 18.4 Å². The maximum Gasteiger partial charge on any atom is 0.359 e. The number of piperidine rings is 1. The molecule has 1 saturated carbocycles. The van der Waals surface area contributed by atoms with Crippen LogP contribution >= 0.6 is 11.8 Å². The number of aryl methyl sites for hydroxylation is 1. The normalized spacial score (nSPS) is 22.2. The number of hydrogen-bond donors (Lipinski definition) is 0. The molecule has 6 nitrogen and oxygen atoms in total. The second-order valence-electron chi connectivity index (χ2n) is 8.86. The number of thioether (sulfide) groups is 1. The number of carbonyl (C=O) groups excluding carboxylic acids is 2. The Morgan fingerprint density at radius 1 is 1.23 bits per heavy atom. The second-order valence-corrected chi connectivity index (χ2v) is 10.2. The average molecular weight is 440 g/mol. The SMILES string of the molecule is CCOC(=O)c1nn(CC(=O)N2CCC(Sc3ccccc3C)CC2)c2c1[C@@H]1C[C@@H]1C2. The van der Waals surface area contributed by atoms with E-state index in [0.717, 1.165) is 50.0 Å². The maximum atomic E-state index is 13.0. The van der Waals surface area contributed by atoms with Gasteiger partial charge in [-0.3, -0.25) is 9.48 Å². The molecular weight excluding hydrogens is 410 g/mol. The van der Waals surface area contributed by atoms with Crippen molar-refractivity contribution in [1.29, 1.82) is 0 Å². The van der Waals surface area contributed by atoms with Crippen molar-refractivity contribution in [1.82, 2.24) is 14.7 Å². The lowest BCUT2D eigenvalue weighted by molar-refractivity contribution is -0.132. The van der Waals surface area contributed by atoms with Gasteiger partial charge < -0.3 is 9.64 Å². The van der Waals surface area contributed by atoms with Crippen molar-refractivity contribution >= 4 is 23.6 Å². The third-order valence-corrected chi connectivity index (χ3v) is 8.30. The first kappa shape index (κ1) is 20.6. The topological polar surface area (TPSA) is 64.4 Å². The van der Waals surface area contributed by atoms with Crippen LogP contribution in [0.2, 0.25) is 0 Å². The van der Waals surface area contributed by atoms with Gasteiger partial charge in [0.05, 0.1) is 6.61 Å². The molecule has 0 radical (unpaired) electrons. The molecule has 2 aromatic rings. The second kappa shape index (κ2) is 8.34. The fourth-order valence-corrected chi connectivity index (χ4v) is 6.21. The van der Waals surface area contributed by atoms with Crippen molar-refractivity contribution in [3.05, 3.63) is 46.8 Å². The van der Waals surface area contributed by atoms with Crippen LogP contribution in [0.1, 0.15) is 59.4 Å². The summed E-state index contributed by atoms with van der Waals surface area (Å²) in [7, 11) is 0. The first-order valence-electron chi connectivity index (χ1n) is 11.3. The Balaban J connectivity index is 1.22. The van der Waals surface area contributed by atoms with Crippen LogP contribution in [-0.4, -0.2) is 51.5 Å². The molecule has 2 atom stereocenters. The molecule has 164 valence electrons. The van der Waals surface area contributed by atoms with E-state index in [1.807, 2.05) is 16.7 Å². The van der Waals surface area contributed by atoms with Crippen LogP contribution in [0.25, 0.3) is 0 Å². The molecular formula is C24H29N3O3S. The summed E-state index contributed by atoms with van der Waals surface area (Å²) in [5.41, 5.74) is 3.87. The Labute approximate surface area is 187 Å². The predicted molar refractivity (Wildman–Crippen MR) is 119 cm³/mol. The maximum absolute atomic E-state index is 13.0. The summed E-state index contributed by atoms with van der Waals surface area (Å²) < 4.78 is 6.99. The van der Waals surface area contributed by atoms with Crippen molar-refractivity contribution in [2.75, 3.05) is 19.7 Å². The number of carbonyl (C=O) groups is 2. The molecule has 1 aromatic heterocycles. The van der Waals surface area contributed by atoms with Crippen LogP contribution in [-0.2, 0) is 22.5 Å². The molecule has 2 aliphatic carbocycles. The summed E-state index contributed by atoms with van der Waals surface area (Å²) in [4.78, 5) is 28.7. The van der Waals surface area contributed by atoms with Crippen LogP contribution < -0.4 is 0 Å². The number of ether oxygens (including phenoxy) is 1. The highest BCUT2D eigenvalue weighted by Crippen LogP contribution is 2.57. The van der Waals surface area contributed by atoms with Gasteiger partial charge in [-0.05, 0) is 63.0 Å². The quantitative estimate of drug-likeness (QED) is 0.641. The van der Waals surface area contributed by atoms with E-state index in [4.69, 9.17) is 4.74 Å². The summed E-state index contributed by atoms with van der Waals surface area (Å²) in [6, 6.07) is 8.49. The predicted octanol–water partition coefficient (Wildman–Crippen LogP) is 3.81. The van der Waals surface area contributed by atoms with Crippen molar-refractivity contribution in [2.45, 2.75) is 62.1 Å². The summed E-state index contributed by atoms with van der Waals surface area (Å²) in [5.74, 6) is 0.802. The van der Waals surface area contributed by atoms with Crippen molar-refractivity contribution in [2.24, 2.45) is 5.92 Å². The standard InChI is InChI=1S/C24H29N3O3S/c1-3-30-24(29)23-22-18-12-16(18)13-19(22)27(25-23)14-21(28)26-10-8-17(9-11-26)31-20-7-5-4-6-15(20)2/h4-7,16-18H,3,8-14H2,1-2H3/t16-,18-/m1/s1. The van der Waals surface area contributed by atoms with E-state index >= 15 is 0 Å². The lowest BCUT2D eigenvalue weighted by Crippen LogP contribution is -2.41. The molecule has 3 aliphatic rings. The summed E-state index contributed by atoms with van der Waals surface area (Å²) in [6.07, 6.45) is 4.06. The van der Waals surface area contributed by atoms with E-state index in [1.165, 1.54) is 10.5 Å². The van der Waals surface area contributed by atoms with Gasteiger partial charge in [0, 0.05) is 34.5 Å². The molecule has 5 rings (SSSR count). The molecule has 1 saturated heterocycles. The molecule has 0 unspecified atom stereocenters. The monoisotopic (exact) mass is 439 g/mol. The van der Waals surface area contributed by atoms with Gasteiger partial charge >= 0.3 is 5.97 Å². The van der Waals surface area contributed by atoms with E-state index in [9.17, 15) is 9.59 Å². The highest BCUT2D eigenvalue weighted by molar-refractivity contribution is 8.00. The molecule has 1 aliphatic heterocycles. The zero-order valence-electron chi connectivity index (χ0n) is 18.2. The number of amides is 1. The Morgan fingerprint density at radius 3 is 2.74 bits per heavy atom. The number of fused-ring (bicyclic) bond motifs is 3. The third kappa shape index (κ3) is 4.00. The zero-order chi connectivity index (χ0) is 21.5. The number of aromatic nitrogens is 2. The highest BCUT2D eigenvalue weighted by atomic mass is 32.2. The molecule has 0 spiro atoms. The zero-order valence-corrected chi connectivity index (χ0v) is 19.0. The first-order chi connectivity index (χ1) is 15.0. The number of esters is 1. The number of hydrogen-bond acceptors (Lipinski definition) is 5. The summed E-state index contributed by atoms with van der Waals surface area (Å²) in [6.45, 7) is 6.07. The van der Waals surface area contributed by atoms with Crippen LogP contribution in [0.4, 0.5) is 0 Å². The largest absolute Gasteiger partial charge is 0.461 e. The fraction of sp³-hybridized carbons (Fsp3) is 0.542. The van der Waals surface area contributed by atoms with Gasteiger partial charge in [0.1, 0.15) is 6.54 Å². The fourth-order valence-electron chi connectivity index (χ4n) is 4.99. The molecule has 2 heterocycles. The van der Waals surface area contributed by atoms with Gasteiger partial charge in [-0.25, -0.2) is 4.79 Å². The number of likely N-dealkylation sites (tertiary alicyclic amines) is 1. The number of benzene rings is 1. The Kier molecular flexibility index (Phi) is 5.54. The Morgan fingerprint density at radius 2 is 2.00 bits per heavy atom. The van der Waals surface area contributed by atoms with Gasteiger partial charge in [0.15, 0.2) is 5.69 Å². The van der Waals surface area contributed by atoms with Crippen molar-refractivity contribution in [3.8, 4) is 0 Å². The molecule has 1 amide bonds. The Hall–Kier alpha value is -2.28. The van der Waals surface area contributed by atoms with E-state index in [2.05, 4.69) is 36.3 Å². The molecule has 7 heteroatoms.